The molecule has 0 spiro atoms. The van der Waals surface area contributed by atoms with Gasteiger partial charge in [0.1, 0.15) is 11.3 Å². The lowest BCUT2D eigenvalue weighted by atomic mass is 9.94. The van der Waals surface area contributed by atoms with Crippen molar-refractivity contribution >= 4 is 11.2 Å². The topological polar surface area (TPSA) is 54.8 Å². The molecule has 4 heterocycles. The third kappa shape index (κ3) is 2.75. The zero-order chi connectivity index (χ0) is 14.8. The summed E-state index contributed by atoms with van der Waals surface area (Å²) in [7, 11) is 0. The van der Waals surface area contributed by atoms with E-state index in [1.165, 1.54) is 31.5 Å². The molecule has 5 heteroatoms. The van der Waals surface area contributed by atoms with Crippen molar-refractivity contribution in [1.82, 2.24) is 25.2 Å². The maximum Gasteiger partial charge on any atom is 0.160 e. The lowest BCUT2D eigenvalue weighted by Crippen LogP contribution is -2.33. The van der Waals surface area contributed by atoms with Crippen molar-refractivity contribution in [3.8, 4) is 0 Å². The van der Waals surface area contributed by atoms with Gasteiger partial charge in [-0.1, -0.05) is 0 Å². The first-order valence-electron chi connectivity index (χ1n) is 8.65. The molecule has 1 unspecified atom stereocenters. The molecule has 0 radical (unpaired) electrons. The molecule has 0 amide bonds. The monoisotopic (exact) mass is 299 g/mol. The molecular formula is C17H25N5. The van der Waals surface area contributed by atoms with E-state index in [2.05, 4.69) is 26.3 Å². The highest BCUT2D eigenvalue weighted by Crippen LogP contribution is 2.27. The summed E-state index contributed by atoms with van der Waals surface area (Å²) in [6, 6.07) is 4.60. The Morgan fingerprint density at radius 1 is 1.14 bits per heavy atom. The third-order valence-corrected chi connectivity index (χ3v) is 5.09. The highest BCUT2D eigenvalue weighted by Gasteiger charge is 2.24. The fourth-order valence-electron chi connectivity index (χ4n) is 3.90. The maximum atomic E-state index is 4.93. The van der Waals surface area contributed by atoms with Crippen molar-refractivity contribution in [3.63, 3.8) is 0 Å². The van der Waals surface area contributed by atoms with Crippen molar-refractivity contribution in [1.29, 1.82) is 0 Å². The highest BCUT2D eigenvalue weighted by molar-refractivity contribution is 5.71. The molecule has 2 fully saturated rings. The summed E-state index contributed by atoms with van der Waals surface area (Å²) in [5.41, 5.74) is 2.12. The molecule has 2 N–H and O–H groups in total. The van der Waals surface area contributed by atoms with Crippen LogP contribution in [0.5, 0.6) is 0 Å². The van der Waals surface area contributed by atoms with Crippen LogP contribution >= 0.6 is 0 Å². The molecule has 0 bridgehead atoms. The van der Waals surface area contributed by atoms with Crippen molar-refractivity contribution in [3.05, 3.63) is 24.2 Å². The summed E-state index contributed by atoms with van der Waals surface area (Å²) in [6.45, 7) is 4.48. The number of hydrogen-bond donors (Lipinski definition) is 2. The standard InChI is InChI=1S/C17H25N5/c1-3-14(12-19-7-1)22-16(11-13-5-9-18-10-6-13)21-15-4-2-8-20-17(15)22/h2,4,8,13-14,18-19H,1,3,5-7,9-12H2. The van der Waals surface area contributed by atoms with E-state index in [1.54, 1.807) is 0 Å². The van der Waals surface area contributed by atoms with E-state index in [1.807, 2.05) is 12.3 Å². The molecule has 0 saturated carbocycles. The van der Waals surface area contributed by atoms with E-state index in [9.17, 15) is 0 Å². The van der Waals surface area contributed by atoms with Gasteiger partial charge in [-0.3, -0.25) is 0 Å². The summed E-state index contributed by atoms with van der Waals surface area (Å²) >= 11 is 0. The number of pyridine rings is 1. The minimum Gasteiger partial charge on any atom is -0.317 e. The second kappa shape index (κ2) is 6.34. The molecule has 2 aliphatic rings. The van der Waals surface area contributed by atoms with Crippen LogP contribution in [-0.4, -0.2) is 40.7 Å². The van der Waals surface area contributed by atoms with Crippen molar-refractivity contribution < 1.29 is 0 Å². The highest BCUT2D eigenvalue weighted by atomic mass is 15.2. The van der Waals surface area contributed by atoms with Crippen molar-refractivity contribution in [2.45, 2.75) is 38.1 Å². The molecule has 1 atom stereocenters. The van der Waals surface area contributed by atoms with E-state index < -0.39 is 0 Å². The van der Waals surface area contributed by atoms with Crippen molar-refractivity contribution in [2.75, 3.05) is 26.2 Å². The number of fused-ring (bicyclic) bond motifs is 1. The van der Waals surface area contributed by atoms with E-state index in [-0.39, 0.29) is 0 Å². The molecule has 0 aromatic carbocycles. The first-order valence-corrected chi connectivity index (χ1v) is 8.65. The van der Waals surface area contributed by atoms with Gasteiger partial charge in [0.25, 0.3) is 0 Å². The zero-order valence-electron chi connectivity index (χ0n) is 13.1. The summed E-state index contributed by atoms with van der Waals surface area (Å²) < 4.78 is 2.43. The van der Waals surface area contributed by atoms with Gasteiger partial charge >= 0.3 is 0 Å². The first-order chi connectivity index (χ1) is 10.9. The van der Waals surface area contributed by atoms with Crippen LogP contribution in [0, 0.1) is 5.92 Å². The lowest BCUT2D eigenvalue weighted by molar-refractivity contribution is 0.338. The van der Waals surface area contributed by atoms with E-state index in [0.29, 0.717) is 6.04 Å². The molecule has 0 aliphatic carbocycles. The van der Waals surface area contributed by atoms with Gasteiger partial charge in [0.2, 0.25) is 0 Å². The van der Waals surface area contributed by atoms with Crippen LogP contribution in [0.2, 0.25) is 0 Å². The van der Waals surface area contributed by atoms with Crippen LogP contribution in [0.4, 0.5) is 0 Å². The molecular weight excluding hydrogens is 274 g/mol. The Hall–Kier alpha value is -1.46. The number of piperidine rings is 2. The zero-order valence-corrected chi connectivity index (χ0v) is 13.1. The van der Waals surface area contributed by atoms with Gasteiger partial charge in [0.05, 0.1) is 0 Å². The average Bonchev–Trinajstić information content (AvgIpc) is 2.94. The number of imidazole rings is 1. The minimum atomic E-state index is 0.505. The van der Waals surface area contributed by atoms with Crippen LogP contribution in [-0.2, 0) is 6.42 Å². The second-order valence-electron chi connectivity index (χ2n) is 6.64. The summed E-state index contributed by atoms with van der Waals surface area (Å²) in [6.07, 6.45) is 7.98. The molecule has 2 aliphatic heterocycles. The summed E-state index contributed by atoms with van der Waals surface area (Å²) in [5.74, 6) is 2.00. The van der Waals surface area contributed by atoms with E-state index >= 15 is 0 Å². The smallest absolute Gasteiger partial charge is 0.160 e. The summed E-state index contributed by atoms with van der Waals surface area (Å²) in [5, 5.41) is 6.99. The Kier molecular flexibility index (Phi) is 4.08. The van der Waals surface area contributed by atoms with Crippen LogP contribution in [0.1, 0.15) is 37.5 Å². The predicted octanol–water partition coefficient (Wildman–Crippen LogP) is 1.90. The van der Waals surface area contributed by atoms with Crippen LogP contribution in [0.15, 0.2) is 18.3 Å². The molecule has 2 aromatic rings. The molecule has 2 aromatic heterocycles. The van der Waals surface area contributed by atoms with Crippen LogP contribution < -0.4 is 10.6 Å². The Morgan fingerprint density at radius 3 is 2.86 bits per heavy atom. The predicted molar refractivity (Wildman–Crippen MR) is 88.0 cm³/mol. The van der Waals surface area contributed by atoms with Crippen LogP contribution in [0.25, 0.3) is 11.2 Å². The lowest BCUT2D eigenvalue weighted by Gasteiger charge is -2.28. The Balaban J connectivity index is 1.68. The largest absolute Gasteiger partial charge is 0.317 e. The molecule has 22 heavy (non-hydrogen) atoms. The minimum absolute atomic E-state index is 0.505. The average molecular weight is 299 g/mol. The number of nitrogens with one attached hydrogen (secondary N) is 2. The van der Waals surface area contributed by atoms with Gasteiger partial charge in [-0.2, -0.15) is 0 Å². The number of rotatable bonds is 3. The fourth-order valence-corrected chi connectivity index (χ4v) is 3.90. The number of aromatic nitrogens is 3. The Morgan fingerprint density at radius 2 is 2.05 bits per heavy atom. The van der Waals surface area contributed by atoms with Gasteiger partial charge in [-0.05, 0) is 63.4 Å². The maximum absolute atomic E-state index is 4.93. The second-order valence-corrected chi connectivity index (χ2v) is 6.64. The fraction of sp³-hybridized carbons (Fsp3) is 0.647. The van der Waals surface area contributed by atoms with Gasteiger partial charge in [0.15, 0.2) is 5.65 Å². The number of nitrogens with zero attached hydrogens (tertiary/aromatic N) is 3. The number of hydrogen-bond acceptors (Lipinski definition) is 4. The molecule has 4 rings (SSSR count). The molecule has 2 saturated heterocycles. The van der Waals surface area contributed by atoms with Gasteiger partial charge in [0, 0.05) is 25.2 Å². The van der Waals surface area contributed by atoms with E-state index in [4.69, 9.17) is 4.98 Å². The SMILES string of the molecule is c1cnc2c(c1)nc(CC1CCNCC1)n2C1CCCNC1. The Bertz CT molecular complexity index is 623. The molecule has 118 valence electrons. The normalized spacial score (nSPS) is 23.9. The summed E-state index contributed by atoms with van der Waals surface area (Å²) in [4.78, 5) is 9.56. The van der Waals surface area contributed by atoms with Gasteiger partial charge in [-0.15, -0.1) is 0 Å². The molecule has 5 nitrogen and oxygen atoms in total. The quantitative estimate of drug-likeness (QED) is 0.909. The van der Waals surface area contributed by atoms with Gasteiger partial charge in [-0.25, -0.2) is 9.97 Å². The Labute approximate surface area is 131 Å². The van der Waals surface area contributed by atoms with E-state index in [0.717, 1.165) is 49.7 Å². The van der Waals surface area contributed by atoms with Crippen LogP contribution in [0.3, 0.4) is 0 Å². The third-order valence-electron chi connectivity index (χ3n) is 5.09. The first kappa shape index (κ1) is 14.2. The van der Waals surface area contributed by atoms with Crippen molar-refractivity contribution in [2.24, 2.45) is 5.92 Å². The van der Waals surface area contributed by atoms with Gasteiger partial charge < -0.3 is 15.2 Å².